The van der Waals surface area contributed by atoms with Crippen LogP contribution < -0.4 is 14.5 Å². The van der Waals surface area contributed by atoms with Gasteiger partial charge < -0.3 is 14.5 Å². The third-order valence-electron chi connectivity index (χ3n) is 4.39. The summed E-state index contributed by atoms with van der Waals surface area (Å²) in [6.45, 7) is 6.24. The van der Waals surface area contributed by atoms with Gasteiger partial charge in [-0.3, -0.25) is 0 Å². The third kappa shape index (κ3) is 3.45. The van der Waals surface area contributed by atoms with Crippen LogP contribution in [0.25, 0.3) is 0 Å². The van der Waals surface area contributed by atoms with Crippen LogP contribution >= 0.6 is 0 Å². The lowest BCUT2D eigenvalue weighted by Gasteiger charge is -2.32. The van der Waals surface area contributed by atoms with Crippen LogP contribution in [0.15, 0.2) is 17.0 Å². The van der Waals surface area contributed by atoms with Crippen molar-refractivity contribution in [1.29, 1.82) is 0 Å². The number of hydrogen-bond acceptors (Lipinski definition) is 6. The number of rotatable bonds is 3. The number of hydrazine groups is 1. The Morgan fingerprint density at radius 1 is 1.09 bits per heavy atom. The first-order valence-corrected chi connectivity index (χ1v) is 9.30. The van der Waals surface area contributed by atoms with E-state index in [2.05, 4.69) is 14.6 Å². The molecule has 0 saturated carbocycles. The van der Waals surface area contributed by atoms with E-state index in [9.17, 15) is 8.42 Å². The van der Waals surface area contributed by atoms with E-state index < -0.39 is 10.0 Å². The Morgan fingerprint density at radius 3 is 2.48 bits per heavy atom. The molecule has 0 radical (unpaired) electrons. The summed E-state index contributed by atoms with van der Waals surface area (Å²) in [5.74, 6) is 0.628. The highest BCUT2D eigenvalue weighted by atomic mass is 32.2. The highest BCUT2D eigenvalue weighted by Gasteiger charge is 2.26. The van der Waals surface area contributed by atoms with Crippen molar-refractivity contribution in [2.45, 2.75) is 11.8 Å². The van der Waals surface area contributed by atoms with E-state index in [-0.39, 0.29) is 4.90 Å². The monoisotopic (exact) mass is 340 g/mol. The second-order valence-electron chi connectivity index (χ2n) is 6.24. The van der Waals surface area contributed by atoms with Gasteiger partial charge in [-0.25, -0.2) is 13.4 Å². The molecule has 0 unspecified atom stereocenters. The number of anilines is 1. The van der Waals surface area contributed by atoms with Crippen molar-refractivity contribution < 1.29 is 13.2 Å². The van der Waals surface area contributed by atoms with Crippen LogP contribution in [0.1, 0.15) is 5.56 Å². The van der Waals surface area contributed by atoms with Crippen LogP contribution in [0, 0.1) is 6.92 Å². The molecule has 8 heteroatoms. The topological polar surface area (TPSA) is 65.1 Å². The van der Waals surface area contributed by atoms with Crippen molar-refractivity contribution in [3.63, 3.8) is 0 Å². The quantitative estimate of drug-likeness (QED) is 0.852. The van der Waals surface area contributed by atoms with E-state index in [0.717, 1.165) is 30.9 Å². The molecule has 3 rings (SSSR count). The molecule has 7 nitrogen and oxygen atoms in total. The molecule has 0 amide bonds. The molecular weight excluding hydrogens is 316 g/mol. The lowest BCUT2D eigenvalue weighted by molar-refractivity contribution is 0.135. The van der Waals surface area contributed by atoms with E-state index in [1.165, 1.54) is 0 Å². The summed E-state index contributed by atoms with van der Waals surface area (Å²) in [6, 6.07) is 3.52. The summed E-state index contributed by atoms with van der Waals surface area (Å²) >= 11 is 0. The van der Waals surface area contributed by atoms with Crippen LogP contribution in [0.5, 0.6) is 5.75 Å². The van der Waals surface area contributed by atoms with Crippen molar-refractivity contribution >= 4 is 15.7 Å². The van der Waals surface area contributed by atoms with Gasteiger partial charge in [0.05, 0.1) is 17.1 Å². The highest BCUT2D eigenvalue weighted by molar-refractivity contribution is 7.89. The number of piperazine rings is 1. The Bertz CT molecular complexity index is 684. The maximum atomic E-state index is 12.7. The van der Waals surface area contributed by atoms with Crippen molar-refractivity contribution in [2.24, 2.45) is 0 Å². The Kier molecular flexibility index (Phi) is 4.50. The average Bonchev–Trinajstić information content (AvgIpc) is 2.50. The fourth-order valence-electron chi connectivity index (χ4n) is 2.89. The summed E-state index contributed by atoms with van der Waals surface area (Å²) in [7, 11) is 0.418. The van der Waals surface area contributed by atoms with Gasteiger partial charge in [0.25, 0.3) is 10.0 Å². The number of nitrogens with zero attached hydrogens (tertiary/aromatic N) is 3. The highest BCUT2D eigenvalue weighted by Crippen LogP contribution is 2.35. The molecule has 2 aliphatic heterocycles. The number of aryl methyl sites for hydroxylation is 1. The standard InChI is InChI=1S/C15H24N4O3S/c1-12-10-13-14(22-9-8-18(13)3)11-15(12)23(20,21)16-19-6-4-17(2)5-7-19/h10-11,16H,4-9H2,1-3H3. The fraction of sp³-hybridized carbons (Fsp3) is 0.600. The molecule has 128 valence electrons. The number of ether oxygens (including phenoxy) is 1. The van der Waals surface area contributed by atoms with Gasteiger partial charge in [0.2, 0.25) is 0 Å². The minimum absolute atomic E-state index is 0.283. The largest absolute Gasteiger partial charge is 0.490 e. The SMILES string of the molecule is Cc1cc2c(cc1S(=O)(=O)NN1CCN(C)CC1)OCCN2C. The predicted octanol–water partition coefficient (Wildman–Crippen LogP) is 0.264. The lowest BCUT2D eigenvalue weighted by atomic mass is 10.2. The summed E-state index contributed by atoms with van der Waals surface area (Å²) in [5.41, 5.74) is 1.66. The normalized spacial score (nSPS) is 20.2. The number of fused-ring (bicyclic) bond motifs is 1. The molecule has 1 fully saturated rings. The Labute approximate surface area is 137 Å². The second-order valence-corrected chi connectivity index (χ2v) is 7.87. The van der Waals surface area contributed by atoms with Crippen LogP contribution in [0.4, 0.5) is 5.69 Å². The predicted molar refractivity (Wildman–Crippen MR) is 89.3 cm³/mol. The molecule has 23 heavy (non-hydrogen) atoms. The fourth-order valence-corrected chi connectivity index (χ4v) is 4.25. The molecule has 1 aromatic rings. The van der Waals surface area contributed by atoms with E-state index >= 15 is 0 Å². The number of likely N-dealkylation sites (N-methyl/N-ethyl adjacent to an activating group) is 2. The minimum atomic E-state index is -3.60. The third-order valence-corrected chi connectivity index (χ3v) is 5.91. The molecule has 0 aliphatic carbocycles. The number of nitrogens with one attached hydrogen (secondary N) is 1. The van der Waals surface area contributed by atoms with Crippen molar-refractivity contribution in [2.75, 3.05) is 58.3 Å². The zero-order valence-corrected chi connectivity index (χ0v) is 14.7. The Balaban J connectivity index is 1.85. The van der Waals surface area contributed by atoms with Crippen molar-refractivity contribution in [3.8, 4) is 5.75 Å². The molecule has 2 heterocycles. The molecule has 0 bridgehead atoms. The van der Waals surface area contributed by atoms with Crippen molar-refractivity contribution in [1.82, 2.24) is 14.7 Å². The Hall–Kier alpha value is -1.35. The van der Waals surface area contributed by atoms with Crippen LogP contribution in [0.2, 0.25) is 0 Å². The van der Waals surface area contributed by atoms with Gasteiger partial charge in [-0.15, -0.1) is 4.83 Å². The summed E-state index contributed by atoms with van der Waals surface area (Å²) in [5, 5.41) is 1.77. The first-order valence-electron chi connectivity index (χ1n) is 7.81. The smallest absolute Gasteiger partial charge is 0.253 e. The maximum Gasteiger partial charge on any atom is 0.253 e. The van der Waals surface area contributed by atoms with Gasteiger partial charge >= 0.3 is 0 Å². The summed E-state index contributed by atoms with van der Waals surface area (Å²) in [4.78, 5) is 7.24. The summed E-state index contributed by atoms with van der Waals surface area (Å²) < 4.78 is 31.1. The molecular formula is C15H24N4O3S. The van der Waals surface area contributed by atoms with Crippen molar-refractivity contribution in [3.05, 3.63) is 17.7 Å². The van der Waals surface area contributed by atoms with Gasteiger partial charge in [0.1, 0.15) is 12.4 Å². The first-order chi connectivity index (χ1) is 10.9. The van der Waals surface area contributed by atoms with Gasteiger partial charge in [-0.05, 0) is 25.6 Å². The number of hydrogen-bond donors (Lipinski definition) is 1. The van der Waals surface area contributed by atoms with E-state index in [4.69, 9.17) is 4.74 Å². The van der Waals surface area contributed by atoms with Gasteiger partial charge in [0.15, 0.2) is 0 Å². The van der Waals surface area contributed by atoms with Gasteiger partial charge in [0, 0.05) is 39.3 Å². The van der Waals surface area contributed by atoms with Gasteiger partial charge in [-0.1, -0.05) is 0 Å². The average molecular weight is 340 g/mol. The molecule has 0 atom stereocenters. The molecule has 0 spiro atoms. The van der Waals surface area contributed by atoms with E-state index in [1.807, 2.05) is 27.1 Å². The zero-order valence-electron chi connectivity index (χ0n) is 13.9. The maximum absolute atomic E-state index is 12.7. The zero-order chi connectivity index (χ0) is 16.6. The van der Waals surface area contributed by atoms with Crippen LogP contribution in [-0.4, -0.2) is 71.8 Å². The molecule has 1 aromatic carbocycles. The number of benzene rings is 1. The second kappa shape index (κ2) is 6.27. The van der Waals surface area contributed by atoms with Crippen LogP contribution in [0.3, 0.4) is 0 Å². The first kappa shape index (κ1) is 16.5. The molecule has 2 aliphatic rings. The number of sulfonamides is 1. The molecule has 0 aromatic heterocycles. The Morgan fingerprint density at radius 2 is 1.78 bits per heavy atom. The van der Waals surface area contributed by atoms with Crippen LogP contribution in [-0.2, 0) is 10.0 Å². The van der Waals surface area contributed by atoms with E-state index in [1.54, 1.807) is 11.1 Å². The summed E-state index contributed by atoms with van der Waals surface area (Å²) in [6.07, 6.45) is 0. The molecule has 1 saturated heterocycles. The van der Waals surface area contributed by atoms with E-state index in [0.29, 0.717) is 25.4 Å². The lowest BCUT2D eigenvalue weighted by Crippen LogP contribution is -2.52. The minimum Gasteiger partial charge on any atom is -0.490 e. The molecule has 1 N–H and O–H groups in total. The van der Waals surface area contributed by atoms with Gasteiger partial charge in [-0.2, -0.15) is 0 Å².